The van der Waals surface area contributed by atoms with Gasteiger partial charge in [0.15, 0.2) is 0 Å². The molecule has 0 radical (unpaired) electrons. The molecule has 2 aromatic rings. The van der Waals surface area contributed by atoms with Gasteiger partial charge in [-0.15, -0.1) is 0 Å². The minimum atomic E-state index is -0.590. The van der Waals surface area contributed by atoms with E-state index in [0.717, 1.165) is 22.4 Å². The van der Waals surface area contributed by atoms with E-state index in [4.69, 9.17) is 4.74 Å². The first kappa shape index (κ1) is 22.5. The molecule has 1 N–H and O–H groups in total. The molecule has 156 valence electrons. The summed E-state index contributed by atoms with van der Waals surface area (Å²) in [5, 5.41) is 2.98. The van der Waals surface area contributed by atoms with Crippen LogP contribution in [0.4, 0.5) is 0 Å². The Labute approximate surface area is 174 Å². The summed E-state index contributed by atoms with van der Waals surface area (Å²) in [6.45, 7) is 9.92. The van der Waals surface area contributed by atoms with Crippen molar-refractivity contribution in [3.05, 3.63) is 65.2 Å². The molecule has 2 rings (SSSR count). The maximum absolute atomic E-state index is 13.2. The van der Waals surface area contributed by atoms with Crippen LogP contribution in [0.15, 0.2) is 48.5 Å². The zero-order valence-corrected chi connectivity index (χ0v) is 18.3. The highest BCUT2D eigenvalue weighted by Gasteiger charge is 2.28. The Balaban J connectivity index is 2.26. The summed E-state index contributed by atoms with van der Waals surface area (Å²) in [4.78, 5) is 27.7. The maximum Gasteiger partial charge on any atom is 0.242 e. The Morgan fingerprint density at radius 2 is 1.69 bits per heavy atom. The molecule has 0 aromatic heterocycles. The van der Waals surface area contributed by atoms with Crippen molar-refractivity contribution in [1.29, 1.82) is 0 Å². The van der Waals surface area contributed by atoms with Gasteiger partial charge in [-0.3, -0.25) is 9.59 Å². The van der Waals surface area contributed by atoms with E-state index in [2.05, 4.69) is 5.32 Å². The SMILES string of the molecule is COc1ccc(CN(C(=O)Cc2ccccc2C)[C@H](C)C(=O)NC(C)(C)C)cc1. The largest absolute Gasteiger partial charge is 0.497 e. The lowest BCUT2D eigenvalue weighted by atomic mass is 10.0. The number of hydrogen-bond donors (Lipinski definition) is 1. The standard InChI is InChI=1S/C24H32N2O3/c1-17-9-7-8-10-20(17)15-22(27)26(18(2)23(28)25-24(3,4)5)16-19-11-13-21(29-6)14-12-19/h7-14,18H,15-16H2,1-6H3,(H,25,28)/t18-/m1/s1. The second-order valence-electron chi connectivity index (χ2n) is 8.39. The molecule has 5 nitrogen and oxygen atoms in total. The van der Waals surface area contributed by atoms with Crippen molar-refractivity contribution in [2.24, 2.45) is 0 Å². The van der Waals surface area contributed by atoms with Crippen LogP contribution in [0.2, 0.25) is 0 Å². The smallest absolute Gasteiger partial charge is 0.242 e. The zero-order chi connectivity index (χ0) is 21.6. The van der Waals surface area contributed by atoms with Crippen LogP contribution in [0.25, 0.3) is 0 Å². The lowest BCUT2D eigenvalue weighted by molar-refractivity contribution is -0.140. The van der Waals surface area contributed by atoms with Crippen molar-refractivity contribution in [3.63, 3.8) is 0 Å². The highest BCUT2D eigenvalue weighted by atomic mass is 16.5. The van der Waals surface area contributed by atoms with Crippen LogP contribution in [-0.2, 0) is 22.6 Å². The van der Waals surface area contributed by atoms with Gasteiger partial charge in [-0.25, -0.2) is 0 Å². The van der Waals surface area contributed by atoms with Crippen LogP contribution in [-0.4, -0.2) is 35.4 Å². The average Bonchev–Trinajstić information content (AvgIpc) is 2.66. The van der Waals surface area contributed by atoms with E-state index in [9.17, 15) is 9.59 Å². The van der Waals surface area contributed by atoms with Crippen molar-refractivity contribution < 1.29 is 14.3 Å². The number of nitrogens with zero attached hydrogens (tertiary/aromatic N) is 1. The first-order valence-electron chi connectivity index (χ1n) is 9.89. The number of nitrogens with one attached hydrogen (secondary N) is 1. The van der Waals surface area contributed by atoms with Gasteiger partial charge in [0, 0.05) is 12.1 Å². The average molecular weight is 397 g/mol. The fraction of sp³-hybridized carbons (Fsp3) is 0.417. The number of amides is 2. The Bertz CT molecular complexity index is 838. The minimum Gasteiger partial charge on any atom is -0.497 e. The normalized spacial score (nSPS) is 12.2. The zero-order valence-electron chi connectivity index (χ0n) is 18.3. The maximum atomic E-state index is 13.2. The predicted molar refractivity (Wildman–Crippen MR) is 116 cm³/mol. The molecule has 2 aromatic carbocycles. The van der Waals surface area contributed by atoms with E-state index in [1.165, 1.54) is 0 Å². The molecule has 0 unspecified atom stereocenters. The minimum absolute atomic E-state index is 0.0772. The molecule has 0 saturated carbocycles. The lowest BCUT2D eigenvalue weighted by Crippen LogP contribution is -2.52. The van der Waals surface area contributed by atoms with Crippen LogP contribution in [0.5, 0.6) is 5.75 Å². The second kappa shape index (κ2) is 9.59. The fourth-order valence-corrected chi connectivity index (χ4v) is 3.06. The molecule has 0 fully saturated rings. The third kappa shape index (κ3) is 6.63. The number of aryl methyl sites for hydroxylation is 1. The van der Waals surface area contributed by atoms with Gasteiger partial charge in [-0.1, -0.05) is 36.4 Å². The molecule has 1 atom stereocenters. The highest BCUT2D eigenvalue weighted by molar-refractivity contribution is 5.88. The summed E-state index contributed by atoms with van der Waals surface area (Å²) < 4.78 is 5.21. The number of carbonyl (C=O) groups is 2. The Morgan fingerprint density at radius 3 is 2.24 bits per heavy atom. The summed E-state index contributed by atoms with van der Waals surface area (Å²) in [5.74, 6) is 0.515. The third-order valence-electron chi connectivity index (χ3n) is 4.78. The molecular formula is C24H32N2O3. The van der Waals surface area contributed by atoms with Gasteiger partial charge in [0.05, 0.1) is 13.5 Å². The molecule has 0 spiro atoms. The van der Waals surface area contributed by atoms with E-state index in [-0.39, 0.29) is 23.8 Å². The molecule has 0 aliphatic carbocycles. The quantitative estimate of drug-likeness (QED) is 0.773. The first-order chi connectivity index (χ1) is 13.6. The Kier molecular flexibility index (Phi) is 7.43. The van der Waals surface area contributed by atoms with Crippen LogP contribution < -0.4 is 10.1 Å². The number of benzene rings is 2. The third-order valence-corrected chi connectivity index (χ3v) is 4.78. The Hall–Kier alpha value is -2.82. The summed E-state index contributed by atoms with van der Waals surface area (Å²) in [6.07, 6.45) is 0.260. The number of rotatable bonds is 7. The number of carbonyl (C=O) groups excluding carboxylic acids is 2. The molecular weight excluding hydrogens is 364 g/mol. The topological polar surface area (TPSA) is 58.6 Å². The van der Waals surface area contributed by atoms with Gasteiger partial charge in [0.2, 0.25) is 11.8 Å². The van der Waals surface area contributed by atoms with Gasteiger partial charge in [0.1, 0.15) is 11.8 Å². The molecule has 0 heterocycles. The van der Waals surface area contributed by atoms with Crippen LogP contribution in [0.3, 0.4) is 0 Å². The van der Waals surface area contributed by atoms with Crippen molar-refractivity contribution in [1.82, 2.24) is 10.2 Å². The van der Waals surface area contributed by atoms with Crippen LogP contribution in [0.1, 0.15) is 44.4 Å². The number of ether oxygens (including phenoxy) is 1. The van der Waals surface area contributed by atoms with Gasteiger partial charge >= 0.3 is 0 Å². The number of hydrogen-bond acceptors (Lipinski definition) is 3. The molecule has 0 aliphatic rings. The highest BCUT2D eigenvalue weighted by Crippen LogP contribution is 2.17. The molecule has 5 heteroatoms. The lowest BCUT2D eigenvalue weighted by Gasteiger charge is -2.31. The molecule has 29 heavy (non-hydrogen) atoms. The van der Waals surface area contributed by atoms with Gasteiger partial charge in [0.25, 0.3) is 0 Å². The van der Waals surface area contributed by atoms with Gasteiger partial charge < -0.3 is 15.0 Å². The second-order valence-corrected chi connectivity index (χ2v) is 8.39. The Morgan fingerprint density at radius 1 is 1.07 bits per heavy atom. The van der Waals surface area contributed by atoms with Crippen molar-refractivity contribution in [3.8, 4) is 5.75 Å². The first-order valence-corrected chi connectivity index (χ1v) is 9.89. The van der Waals surface area contributed by atoms with Gasteiger partial charge in [-0.05, 0) is 63.4 Å². The molecule has 2 amide bonds. The van der Waals surface area contributed by atoms with Gasteiger partial charge in [-0.2, -0.15) is 0 Å². The van der Waals surface area contributed by atoms with E-state index in [0.29, 0.717) is 6.54 Å². The van der Waals surface area contributed by atoms with Crippen molar-refractivity contribution in [2.75, 3.05) is 7.11 Å². The molecule has 0 bridgehead atoms. The van der Waals surface area contributed by atoms with Crippen LogP contribution in [0, 0.1) is 6.92 Å². The summed E-state index contributed by atoms with van der Waals surface area (Å²) in [6, 6.07) is 14.8. The summed E-state index contributed by atoms with van der Waals surface area (Å²) >= 11 is 0. The van der Waals surface area contributed by atoms with E-state index >= 15 is 0 Å². The van der Waals surface area contributed by atoms with E-state index in [1.807, 2.05) is 76.2 Å². The van der Waals surface area contributed by atoms with Crippen LogP contribution >= 0.6 is 0 Å². The fourth-order valence-electron chi connectivity index (χ4n) is 3.06. The van der Waals surface area contributed by atoms with E-state index in [1.54, 1.807) is 18.9 Å². The van der Waals surface area contributed by atoms with E-state index < -0.39 is 6.04 Å². The monoisotopic (exact) mass is 396 g/mol. The summed E-state index contributed by atoms with van der Waals surface area (Å²) in [5.41, 5.74) is 2.62. The molecule has 0 saturated heterocycles. The summed E-state index contributed by atoms with van der Waals surface area (Å²) in [7, 11) is 1.62. The molecule has 0 aliphatic heterocycles. The number of methoxy groups -OCH3 is 1. The van der Waals surface area contributed by atoms with Crippen molar-refractivity contribution >= 4 is 11.8 Å². The van der Waals surface area contributed by atoms with Crippen molar-refractivity contribution in [2.45, 2.75) is 59.2 Å². The predicted octanol–water partition coefficient (Wildman–Crippen LogP) is 3.88.